The fraction of sp³-hybridized carbons (Fsp3) is 0.348. The first-order chi connectivity index (χ1) is 16.1. The maximum atomic E-state index is 5.51. The first-order valence-corrected chi connectivity index (χ1v) is 12.1. The molecule has 3 aromatic rings. The Kier molecular flexibility index (Phi) is 7.90. The molecule has 0 spiro atoms. The Hall–Kier alpha value is -2.98. The highest BCUT2D eigenvalue weighted by atomic mass is 32.2. The predicted octanol–water partition coefficient (Wildman–Crippen LogP) is 4.29. The number of aromatic nitrogens is 4. The number of anilines is 2. The summed E-state index contributed by atoms with van der Waals surface area (Å²) >= 11 is 6.91. The Balaban J connectivity index is 1.49. The van der Waals surface area contributed by atoms with Crippen LogP contribution in [0.2, 0.25) is 0 Å². The second-order valence-corrected chi connectivity index (χ2v) is 9.11. The minimum absolute atomic E-state index is 0.424. The SMILES string of the molecule is COc1ccc(CNC(=S)Nc2nc(Sc3ncccn3)cc(N3CCCC[C@@H]3C)n2)cc1. The summed E-state index contributed by atoms with van der Waals surface area (Å²) in [5.74, 6) is 2.16. The lowest BCUT2D eigenvalue weighted by Gasteiger charge is -2.34. The first kappa shape index (κ1) is 23.2. The van der Waals surface area contributed by atoms with Gasteiger partial charge in [-0.25, -0.2) is 15.0 Å². The van der Waals surface area contributed by atoms with Crippen LogP contribution in [0, 0.1) is 0 Å². The van der Waals surface area contributed by atoms with Crippen molar-refractivity contribution >= 4 is 40.9 Å². The number of benzene rings is 1. The van der Waals surface area contributed by atoms with E-state index in [1.165, 1.54) is 18.2 Å². The highest BCUT2D eigenvalue weighted by molar-refractivity contribution is 7.99. The van der Waals surface area contributed by atoms with E-state index in [0.717, 1.165) is 41.5 Å². The summed E-state index contributed by atoms with van der Waals surface area (Å²) < 4.78 is 5.21. The predicted molar refractivity (Wildman–Crippen MR) is 135 cm³/mol. The molecule has 1 saturated heterocycles. The standard InChI is InChI=1S/C23H27N7OS2/c1-16-6-3-4-13-30(16)19-14-20(33-23-24-11-5-12-25-23)28-21(27-19)29-22(32)26-15-17-7-9-18(31-2)10-8-17/h5,7-12,14,16H,3-4,6,13,15H2,1-2H3,(H2,26,27,28,29,32)/t16-/m0/s1. The third kappa shape index (κ3) is 6.52. The first-order valence-electron chi connectivity index (χ1n) is 10.9. The van der Waals surface area contributed by atoms with Gasteiger partial charge in [-0.15, -0.1) is 0 Å². The number of nitrogens with zero attached hydrogens (tertiary/aromatic N) is 5. The zero-order valence-electron chi connectivity index (χ0n) is 18.7. The van der Waals surface area contributed by atoms with E-state index in [4.69, 9.17) is 21.9 Å². The molecule has 0 unspecified atom stereocenters. The summed E-state index contributed by atoms with van der Waals surface area (Å²) in [6.45, 7) is 3.80. The van der Waals surface area contributed by atoms with Gasteiger partial charge in [0.2, 0.25) is 5.95 Å². The van der Waals surface area contributed by atoms with Gasteiger partial charge in [-0.1, -0.05) is 12.1 Å². The lowest BCUT2D eigenvalue weighted by atomic mass is 10.0. The highest BCUT2D eigenvalue weighted by Gasteiger charge is 2.21. The fourth-order valence-corrected chi connectivity index (χ4v) is 4.48. The molecule has 1 aromatic carbocycles. The summed E-state index contributed by atoms with van der Waals surface area (Å²) in [5, 5.41) is 8.23. The molecule has 1 fully saturated rings. The average Bonchev–Trinajstić information content (AvgIpc) is 2.84. The van der Waals surface area contributed by atoms with Crippen LogP contribution < -0.4 is 20.3 Å². The Labute approximate surface area is 203 Å². The van der Waals surface area contributed by atoms with Crippen LogP contribution in [0.4, 0.5) is 11.8 Å². The number of thiocarbonyl (C=S) groups is 1. The molecule has 33 heavy (non-hydrogen) atoms. The summed E-state index contributed by atoms with van der Waals surface area (Å²) in [5.41, 5.74) is 1.09. The van der Waals surface area contributed by atoms with Gasteiger partial charge in [-0.05, 0) is 73.9 Å². The zero-order chi connectivity index (χ0) is 23.0. The van der Waals surface area contributed by atoms with Gasteiger partial charge in [0.05, 0.1) is 7.11 Å². The van der Waals surface area contributed by atoms with Crippen molar-refractivity contribution in [1.82, 2.24) is 25.3 Å². The summed E-state index contributed by atoms with van der Waals surface area (Å²) in [6.07, 6.45) is 7.00. The van der Waals surface area contributed by atoms with E-state index < -0.39 is 0 Å². The third-order valence-corrected chi connectivity index (χ3v) is 6.42. The van der Waals surface area contributed by atoms with Crippen LogP contribution in [-0.4, -0.2) is 44.7 Å². The van der Waals surface area contributed by atoms with Gasteiger partial charge in [0, 0.05) is 37.6 Å². The quantitative estimate of drug-likeness (QED) is 0.289. The molecule has 0 amide bonds. The van der Waals surface area contributed by atoms with Gasteiger partial charge < -0.3 is 20.3 Å². The number of ether oxygens (including phenoxy) is 1. The highest BCUT2D eigenvalue weighted by Crippen LogP contribution is 2.29. The third-order valence-electron chi connectivity index (χ3n) is 5.36. The second-order valence-electron chi connectivity index (χ2n) is 7.72. The smallest absolute Gasteiger partial charge is 0.232 e. The summed E-state index contributed by atoms with van der Waals surface area (Å²) in [7, 11) is 1.65. The van der Waals surface area contributed by atoms with Crippen LogP contribution in [0.25, 0.3) is 0 Å². The van der Waals surface area contributed by atoms with Gasteiger partial charge >= 0.3 is 0 Å². The normalized spacial score (nSPS) is 15.7. The summed E-state index contributed by atoms with van der Waals surface area (Å²) in [6, 6.07) is 12.1. The number of nitrogens with one attached hydrogen (secondary N) is 2. The number of rotatable bonds is 7. The molecule has 0 saturated carbocycles. The minimum atomic E-state index is 0.424. The summed E-state index contributed by atoms with van der Waals surface area (Å²) in [4.78, 5) is 20.4. The van der Waals surface area contributed by atoms with E-state index in [-0.39, 0.29) is 0 Å². The number of piperidine rings is 1. The van der Waals surface area contributed by atoms with E-state index in [9.17, 15) is 0 Å². The Bertz CT molecular complexity index is 1070. The topological polar surface area (TPSA) is 88.1 Å². The number of hydrogen-bond donors (Lipinski definition) is 2. The Morgan fingerprint density at radius 2 is 1.97 bits per heavy atom. The van der Waals surface area contributed by atoms with E-state index in [1.807, 2.05) is 30.3 Å². The molecule has 0 radical (unpaired) electrons. The second kappa shape index (κ2) is 11.2. The average molecular weight is 482 g/mol. The van der Waals surface area contributed by atoms with Crippen molar-refractivity contribution in [3.8, 4) is 5.75 Å². The number of hydrogen-bond acceptors (Lipinski definition) is 8. The van der Waals surface area contributed by atoms with Gasteiger partial charge in [0.25, 0.3) is 0 Å². The van der Waals surface area contributed by atoms with Crippen molar-refractivity contribution in [2.45, 2.75) is 49.0 Å². The molecule has 0 aliphatic carbocycles. The lowest BCUT2D eigenvalue weighted by molar-refractivity contribution is 0.414. The van der Waals surface area contributed by atoms with Crippen molar-refractivity contribution in [2.75, 3.05) is 23.9 Å². The van der Waals surface area contributed by atoms with E-state index >= 15 is 0 Å². The van der Waals surface area contributed by atoms with Crippen LogP contribution in [0.1, 0.15) is 31.7 Å². The maximum absolute atomic E-state index is 5.51. The van der Waals surface area contributed by atoms with Crippen molar-refractivity contribution in [1.29, 1.82) is 0 Å². The van der Waals surface area contributed by atoms with Gasteiger partial charge in [0.15, 0.2) is 10.3 Å². The van der Waals surface area contributed by atoms with Crippen molar-refractivity contribution in [3.05, 3.63) is 54.4 Å². The van der Waals surface area contributed by atoms with Gasteiger partial charge in [-0.3, -0.25) is 0 Å². The molecule has 3 heterocycles. The van der Waals surface area contributed by atoms with E-state index in [1.54, 1.807) is 25.6 Å². The largest absolute Gasteiger partial charge is 0.497 e. The fourth-order valence-electron chi connectivity index (χ4n) is 3.61. The van der Waals surface area contributed by atoms with Crippen LogP contribution in [-0.2, 0) is 6.54 Å². The van der Waals surface area contributed by atoms with Crippen molar-refractivity contribution in [3.63, 3.8) is 0 Å². The Morgan fingerprint density at radius 1 is 1.18 bits per heavy atom. The van der Waals surface area contributed by atoms with Gasteiger partial charge in [0.1, 0.15) is 16.6 Å². The van der Waals surface area contributed by atoms with Crippen LogP contribution in [0.5, 0.6) is 5.75 Å². The van der Waals surface area contributed by atoms with Crippen LogP contribution >= 0.6 is 24.0 Å². The van der Waals surface area contributed by atoms with Gasteiger partial charge in [-0.2, -0.15) is 4.98 Å². The molecule has 4 rings (SSSR count). The molecule has 2 aromatic heterocycles. The molecule has 1 aliphatic rings. The van der Waals surface area contributed by atoms with E-state index in [0.29, 0.717) is 28.8 Å². The molecule has 0 bridgehead atoms. The molecular formula is C23H27N7OS2. The van der Waals surface area contributed by atoms with Crippen LogP contribution in [0.15, 0.2) is 59.0 Å². The Morgan fingerprint density at radius 3 is 2.70 bits per heavy atom. The maximum Gasteiger partial charge on any atom is 0.232 e. The number of methoxy groups -OCH3 is 1. The zero-order valence-corrected chi connectivity index (χ0v) is 20.3. The minimum Gasteiger partial charge on any atom is -0.497 e. The molecule has 172 valence electrons. The lowest BCUT2D eigenvalue weighted by Crippen LogP contribution is -2.38. The van der Waals surface area contributed by atoms with Crippen molar-refractivity contribution < 1.29 is 4.74 Å². The monoisotopic (exact) mass is 481 g/mol. The molecule has 8 nitrogen and oxygen atoms in total. The molecular weight excluding hydrogens is 454 g/mol. The molecule has 10 heteroatoms. The van der Waals surface area contributed by atoms with E-state index in [2.05, 4.69) is 37.4 Å². The molecule has 1 aliphatic heterocycles. The van der Waals surface area contributed by atoms with Crippen LogP contribution in [0.3, 0.4) is 0 Å². The molecule has 1 atom stereocenters. The van der Waals surface area contributed by atoms with Crippen molar-refractivity contribution in [2.24, 2.45) is 0 Å². The molecule has 2 N–H and O–H groups in total.